The third kappa shape index (κ3) is 4.74. The van der Waals surface area contributed by atoms with Gasteiger partial charge < -0.3 is 5.32 Å². The third-order valence-corrected chi connectivity index (χ3v) is 3.38. The quantitative estimate of drug-likeness (QED) is 0.659. The molecule has 1 N–H and O–H groups in total. The lowest BCUT2D eigenvalue weighted by Crippen LogP contribution is -2.30. The van der Waals surface area contributed by atoms with Gasteiger partial charge in [0.1, 0.15) is 9.84 Å². The maximum Gasteiger partial charge on any atom is 0.328 e. The molecule has 7 heteroatoms. The van der Waals surface area contributed by atoms with E-state index < -0.39 is 9.84 Å². The number of rotatable bonds is 7. The van der Waals surface area contributed by atoms with Gasteiger partial charge in [-0.25, -0.2) is 13.2 Å². The van der Waals surface area contributed by atoms with Crippen LogP contribution in [-0.4, -0.2) is 42.7 Å². The van der Waals surface area contributed by atoms with Crippen LogP contribution in [0, 0.1) is 0 Å². The fourth-order valence-electron chi connectivity index (χ4n) is 1.45. The highest BCUT2D eigenvalue weighted by Crippen LogP contribution is 1.85. The highest BCUT2D eigenvalue weighted by atomic mass is 32.2. The third-order valence-electron chi connectivity index (χ3n) is 2.44. The second-order valence-corrected chi connectivity index (χ2v) is 6.20. The molecule has 1 rings (SSSR count). The summed E-state index contributed by atoms with van der Waals surface area (Å²) in [5.41, 5.74) is -0.0302. The SMILES string of the molecule is CCn1ccn(CCNCCS(C)(=O)=O)c1=O. The molecule has 1 heterocycles. The molecule has 0 saturated carbocycles. The predicted molar refractivity (Wildman–Crippen MR) is 66.9 cm³/mol. The first-order valence-electron chi connectivity index (χ1n) is 5.58. The summed E-state index contributed by atoms with van der Waals surface area (Å²) in [4.78, 5) is 11.6. The second-order valence-electron chi connectivity index (χ2n) is 3.94. The first-order chi connectivity index (χ1) is 7.94. The van der Waals surface area contributed by atoms with Crippen LogP contribution in [0.15, 0.2) is 17.2 Å². The van der Waals surface area contributed by atoms with Crippen LogP contribution in [-0.2, 0) is 22.9 Å². The molecule has 0 aliphatic heterocycles. The standard InChI is InChI=1S/C10H19N3O3S/c1-3-12-7-8-13(10(12)14)6-4-11-5-9-17(2,15)16/h7-8,11H,3-6,9H2,1-2H3. The van der Waals surface area contributed by atoms with Crippen LogP contribution in [0.1, 0.15) is 6.92 Å². The van der Waals surface area contributed by atoms with Crippen molar-refractivity contribution in [3.63, 3.8) is 0 Å². The van der Waals surface area contributed by atoms with E-state index in [1.165, 1.54) is 6.26 Å². The highest BCUT2D eigenvalue weighted by molar-refractivity contribution is 7.90. The van der Waals surface area contributed by atoms with E-state index in [1.807, 2.05) is 6.92 Å². The van der Waals surface area contributed by atoms with E-state index in [4.69, 9.17) is 0 Å². The molecule has 1 aromatic heterocycles. The van der Waals surface area contributed by atoms with E-state index in [-0.39, 0.29) is 11.4 Å². The van der Waals surface area contributed by atoms with E-state index in [1.54, 1.807) is 21.5 Å². The second kappa shape index (κ2) is 6.02. The van der Waals surface area contributed by atoms with Gasteiger partial charge in [-0.05, 0) is 6.92 Å². The van der Waals surface area contributed by atoms with Crippen molar-refractivity contribution in [2.24, 2.45) is 0 Å². The summed E-state index contributed by atoms with van der Waals surface area (Å²) in [6.45, 7) is 4.13. The van der Waals surface area contributed by atoms with Crippen LogP contribution < -0.4 is 11.0 Å². The van der Waals surface area contributed by atoms with Gasteiger partial charge in [-0.3, -0.25) is 9.13 Å². The van der Waals surface area contributed by atoms with Crippen LogP contribution in [0.25, 0.3) is 0 Å². The number of sulfone groups is 1. The average molecular weight is 261 g/mol. The molecular formula is C10H19N3O3S. The number of nitrogens with zero attached hydrogens (tertiary/aromatic N) is 2. The topological polar surface area (TPSA) is 73.1 Å². The maximum atomic E-state index is 11.6. The normalized spacial score (nSPS) is 11.9. The van der Waals surface area contributed by atoms with Gasteiger partial charge in [0.05, 0.1) is 5.75 Å². The molecular weight excluding hydrogens is 242 g/mol. The van der Waals surface area contributed by atoms with Gasteiger partial charge >= 0.3 is 5.69 Å². The summed E-state index contributed by atoms with van der Waals surface area (Å²) in [6, 6.07) is 0. The largest absolute Gasteiger partial charge is 0.328 e. The molecule has 0 bridgehead atoms. The number of aryl methyl sites for hydroxylation is 1. The van der Waals surface area contributed by atoms with Gasteiger partial charge in [0.15, 0.2) is 0 Å². The molecule has 0 fully saturated rings. The Bertz CT molecular complexity index is 501. The summed E-state index contributed by atoms with van der Waals surface area (Å²) in [5.74, 6) is 0.123. The minimum Gasteiger partial charge on any atom is -0.314 e. The van der Waals surface area contributed by atoms with Gasteiger partial charge in [-0.1, -0.05) is 0 Å². The molecule has 0 amide bonds. The van der Waals surface area contributed by atoms with Crippen molar-refractivity contribution in [1.82, 2.24) is 14.5 Å². The molecule has 0 aromatic carbocycles. The molecule has 0 spiro atoms. The van der Waals surface area contributed by atoms with Crippen LogP contribution in [0.5, 0.6) is 0 Å². The lowest BCUT2D eigenvalue weighted by Gasteiger charge is -2.04. The molecule has 0 unspecified atom stereocenters. The zero-order valence-electron chi connectivity index (χ0n) is 10.2. The smallest absolute Gasteiger partial charge is 0.314 e. The fourth-order valence-corrected chi connectivity index (χ4v) is 1.96. The Hall–Kier alpha value is -1.08. The zero-order chi connectivity index (χ0) is 12.9. The Morgan fingerprint density at radius 3 is 2.41 bits per heavy atom. The van der Waals surface area contributed by atoms with Crippen molar-refractivity contribution in [3.05, 3.63) is 22.9 Å². The van der Waals surface area contributed by atoms with Crippen LogP contribution in [0.3, 0.4) is 0 Å². The van der Waals surface area contributed by atoms with Gasteiger partial charge in [0.2, 0.25) is 0 Å². The molecule has 0 saturated heterocycles. The minimum absolute atomic E-state index is 0.0302. The Labute approximate surface area is 101 Å². The van der Waals surface area contributed by atoms with E-state index >= 15 is 0 Å². The first-order valence-corrected chi connectivity index (χ1v) is 7.64. The van der Waals surface area contributed by atoms with Crippen LogP contribution in [0.4, 0.5) is 0 Å². The highest BCUT2D eigenvalue weighted by Gasteiger charge is 2.02. The molecule has 0 radical (unpaired) electrons. The van der Waals surface area contributed by atoms with Gasteiger partial charge in [0, 0.05) is 44.8 Å². The van der Waals surface area contributed by atoms with Crippen molar-refractivity contribution in [1.29, 1.82) is 0 Å². The lowest BCUT2D eigenvalue weighted by atomic mass is 10.6. The monoisotopic (exact) mass is 261 g/mol. The summed E-state index contributed by atoms with van der Waals surface area (Å²) < 4.78 is 25.0. The minimum atomic E-state index is -2.91. The van der Waals surface area contributed by atoms with Crippen molar-refractivity contribution in [2.75, 3.05) is 25.1 Å². The summed E-state index contributed by atoms with van der Waals surface area (Å²) in [7, 11) is -2.91. The Kier molecular flexibility index (Phi) is 4.95. The number of nitrogens with one attached hydrogen (secondary N) is 1. The first kappa shape index (κ1) is 14.0. The number of imidazole rings is 1. The molecule has 0 atom stereocenters. The van der Waals surface area contributed by atoms with Gasteiger partial charge in [0.25, 0.3) is 0 Å². The lowest BCUT2D eigenvalue weighted by molar-refractivity contribution is 0.572. The van der Waals surface area contributed by atoms with Crippen LogP contribution >= 0.6 is 0 Å². The summed E-state index contributed by atoms with van der Waals surface area (Å²) in [5, 5.41) is 3.00. The molecule has 0 aliphatic rings. The number of hydrogen-bond donors (Lipinski definition) is 1. The van der Waals surface area contributed by atoms with Crippen molar-refractivity contribution >= 4 is 9.84 Å². The molecule has 6 nitrogen and oxygen atoms in total. The van der Waals surface area contributed by atoms with Crippen molar-refractivity contribution in [3.8, 4) is 0 Å². The van der Waals surface area contributed by atoms with Gasteiger partial charge in [-0.15, -0.1) is 0 Å². The number of hydrogen-bond acceptors (Lipinski definition) is 4. The molecule has 1 aromatic rings. The van der Waals surface area contributed by atoms with Crippen molar-refractivity contribution < 1.29 is 8.42 Å². The summed E-state index contributed by atoms with van der Waals surface area (Å²) >= 11 is 0. The Morgan fingerprint density at radius 1 is 1.24 bits per heavy atom. The Morgan fingerprint density at radius 2 is 1.88 bits per heavy atom. The predicted octanol–water partition coefficient (Wildman–Crippen LogP) is -0.696. The molecule has 98 valence electrons. The summed E-state index contributed by atoms with van der Waals surface area (Å²) in [6.07, 6.45) is 4.70. The zero-order valence-corrected chi connectivity index (χ0v) is 11.0. The molecule has 0 aliphatic carbocycles. The van der Waals surface area contributed by atoms with Crippen LogP contribution in [0.2, 0.25) is 0 Å². The average Bonchev–Trinajstić information content (AvgIpc) is 2.58. The molecule has 17 heavy (non-hydrogen) atoms. The van der Waals surface area contributed by atoms with E-state index in [0.29, 0.717) is 26.2 Å². The fraction of sp³-hybridized carbons (Fsp3) is 0.700. The van der Waals surface area contributed by atoms with E-state index in [0.717, 1.165) is 0 Å². The maximum absolute atomic E-state index is 11.6. The van der Waals surface area contributed by atoms with Gasteiger partial charge in [-0.2, -0.15) is 0 Å². The van der Waals surface area contributed by atoms with Crippen molar-refractivity contribution in [2.45, 2.75) is 20.0 Å². The Balaban J connectivity index is 2.32. The van der Waals surface area contributed by atoms with E-state index in [2.05, 4.69) is 5.32 Å². The van der Waals surface area contributed by atoms with E-state index in [9.17, 15) is 13.2 Å². The number of aromatic nitrogens is 2.